The number of rotatable bonds is 1. The molecule has 8 atom stereocenters. The van der Waals surface area contributed by atoms with Gasteiger partial charge in [-0.05, 0) is 98.2 Å². The summed E-state index contributed by atoms with van der Waals surface area (Å²) in [5.74, 6) is 4.05. The van der Waals surface area contributed by atoms with E-state index in [-0.39, 0.29) is 6.10 Å². The molecule has 1 N–H and O–H groups in total. The predicted molar refractivity (Wildman–Crippen MR) is 91.5 cm³/mol. The summed E-state index contributed by atoms with van der Waals surface area (Å²) in [5.41, 5.74) is 0.922. The Morgan fingerprint density at radius 3 is 2.48 bits per heavy atom. The molecule has 2 nitrogen and oxygen atoms in total. The quantitative estimate of drug-likeness (QED) is 0.746. The summed E-state index contributed by atoms with van der Waals surface area (Å²) in [4.78, 5) is 0. The van der Waals surface area contributed by atoms with Crippen LogP contribution in [0.1, 0.15) is 78.1 Å². The minimum atomic E-state index is -0.0371. The molecule has 128 valence electrons. The SMILES string of the molecule is C[C@]12CCC3C(CC[C@@H]4C[C@H](O)CC[C@]34C)C1CC[C@@H]2CC#N. The van der Waals surface area contributed by atoms with Crippen molar-refractivity contribution in [2.75, 3.05) is 0 Å². The summed E-state index contributed by atoms with van der Waals surface area (Å²) in [6.45, 7) is 5.08. The van der Waals surface area contributed by atoms with E-state index >= 15 is 0 Å². The third-order valence-corrected chi connectivity index (χ3v) is 9.17. The molecule has 4 saturated carbocycles. The summed E-state index contributed by atoms with van der Waals surface area (Å²) < 4.78 is 0. The standard InChI is InChI=1S/C21H33NO/c1-20-11-8-19-17(18(20)6-4-14(20)9-12-22)5-3-15-13-16(23)7-10-21(15,19)2/h14-19,23H,3-11,13H2,1-2H3/t14-,15-,16-,17?,18?,19?,20-,21+/m1/s1. The normalized spacial score (nSPS) is 55.4. The second kappa shape index (κ2) is 5.48. The summed E-state index contributed by atoms with van der Waals surface area (Å²) in [7, 11) is 0. The van der Waals surface area contributed by atoms with Crippen LogP contribution in [0, 0.1) is 51.8 Å². The van der Waals surface area contributed by atoms with Gasteiger partial charge in [-0.15, -0.1) is 0 Å². The fraction of sp³-hybridized carbons (Fsp3) is 0.952. The maximum Gasteiger partial charge on any atom is 0.0624 e. The van der Waals surface area contributed by atoms with Crippen LogP contribution >= 0.6 is 0 Å². The van der Waals surface area contributed by atoms with Gasteiger partial charge in [-0.25, -0.2) is 0 Å². The fourth-order valence-electron chi connectivity index (χ4n) is 7.79. The highest BCUT2D eigenvalue weighted by Crippen LogP contribution is 2.67. The van der Waals surface area contributed by atoms with Gasteiger partial charge in [-0.2, -0.15) is 5.26 Å². The largest absolute Gasteiger partial charge is 0.393 e. The van der Waals surface area contributed by atoms with Gasteiger partial charge in [0.05, 0.1) is 12.2 Å². The number of aliphatic hydroxyl groups is 1. The van der Waals surface area contributed by atoms with Gasteiger partial charge in [-0.3, -0.25) is 0 Å². The van der Waals surface area contributed by atoms with Crippen LogP contribution in [0.5, 0.6) is 0 Å². The molecular weight excluding hydrogens is 282 g/mol. The van der Waals surface area contributed by atoms with Crippen molar-refractivity contribution in [1.29, 1.82) is 5.26 Å². The van der Waals surface area contributed by atoms with Gasteiger partial charge in [0.25, 0.3) is 0 Å². The number of nitriles is 1. The molecule has 0 bridgehead atoms. The molecule has 2 heteroatoms. The molecule has 4 aliphatic rings. The van der Waals surface area contributed by atoms with Gasteiger partial charge in [0.1, 0.15) is 0 Å². The van der Waals surface area contributed by atoms with Crippen LogP contribution in [0.15, 0.2) is 0 Å². The average molecular weight is 316 g/mol. The van der Waals surface area contributed by atoms with E-state index in [9.17, 15) is 10.4 Å². The molecule has 4 aliphatic carbocycles. The highest BCUT2D eigenvalue weighted by molar-refractivity contribution is 5.09. The van der Waals surface area contributed by atoms with Crippen molar-refractivity contribution in [2.24, 2.45) is 40.4 Å². The molecule has 0 aromatic carbocycles. The van der Waals surface area contributed by atoms with Crippen LogP contribution in [0.4, 0.5) is 0 Å². The summed E-state index contributed by atoms with van der Waals surface area (Å²) in [6, 6.07) is 2.47. The first-order valence-electron chi connectivity index (χ1n) is 10.0. The minimum absolute atomic E-state index is 0.0371. The van der Waals surface area contributed by atoms with Crippen molar-refractivity contribution in [2.45, 2.75) is 84.2 Å². The maximum absolute atomic E-state index is 10.1. The number of nitrogens with zero attached hydrogens (tertiary/aromatic N) is 1. The van der Waals surface area contributed by atoms with Crippen molar-refractivity contribution in [3.05, 3.63) is 0 Å². The molecule has 4 rings (SSSR count). The maximum atomic E-state index is 10.1. The van der Waals surface area contributed by atoms with Crippen LogP contribution in [0.25, 0.3) is 0 Å². The van der Waals surface area contributed by atoms with Gasteiger partial charge in [0.15, 0.2) is 0 Å². The molecule has 23 heavy (non-hydrogen) atoms. The molecule has 0 heterocycles. The summed E-state index contributed by atoms with van der Waals surface area (Å²) >= 11 is 0. The van der Waals surface area contributed by atoms with Crippen molar-refractivity contribution >= 4 is 0 Å². The zero-order chi connectivity index (χ0) is 16.2. The first kappa shape index (κ1) is 15.9. The van der Waals surface area contributed by atoms with Crippen molar-refractivity contribution in [3.63, 3.8) is 0 Å². The molecule has 3 unspecified atom stereocenters. The Morgan fingerprint density at radius 1 is 0.957 bits per heavy atom. The lowest BCUT2D eigenvalue weighted by atomic mass is 9.44. The second-order valence-electron chi connectivity index (χ2n) is 9.77. The topological polar surface area (TPSA) is 44.0 Å². The van der Waals surface area contributed by atoms with Gasteiger partial charge in [0.2, 0.25) is 0 Å². The van der Waals surface area contributed by atoms with Crippen molar-refractivity contribution in [3.8, 4) is 6.07 Å². The number of fused-ring (bicyclic) bond motifs is 5. The van der Waals surface area contributed by atoms with E-state index in [2.05, 4.69) is 19.9 Å². The van der Waals surface area contributed by atoms with E-state index in [1.807, 2.05) is 0 Å². The molecule has 0 amide bonds. The van der Waals surface area contributed by atoms with Crippen LogP contribution in [0.3, 0.4) is 0 Å². The van der Waals surface area contributed by atoms with Crippen LogP contribution in [-0.4, -0.2) is 11.2 Å². The third kappa shape index (κ3) is 2.22. The van der Waals surface area contributed by atoms with Crippen LogP contribution in [-0.2, 0) is 0 Å². The fourth-order valence-corrected chi connectivity index (χ4v) is 7.79. The number of aliphatic hydroxyl groups excluding tert-OH is 1. The van der Waals surface area contributed by atoms with E-state index < -0.39 is 0 Å². The zero-order valence-electron chi connectivity index (χ0n) is 14.9. The zero-order valence-corrected chi connectivity index (χ0v) is 14.9. The van der Waals surface area contributed by atoms with E-state index in [4.69, 9.17) is 0 Å². The number of hydrogen-bond donors (Lipinski definition) is 1. The molecule has 4 fully saturated rings. The van der Waals surface area contributed by atoms with Crippen LogP contribution < -0.4 is 0 Å². The highest BCUT2D eigenvalue weighted by Gasteiger charge is 2.59. The van der Waals surface area contributed by atoms with Crippen LogP contribution in [0.2, 0.25) is 0 Å². The molecule has 0 aromatic heterocycles. The lowest BCUT2D eigenvalue weighted by molar-refractivity contribution is -0.126. The number of hydrogen-bond acceptors (Lipinski definition) is 2. The molecule has 0 aromatic rings. The first-order valence-corrected chi connectivity index (χ1v) is 10.0. The van der Waals surface area contributed by atoms with Gasteiger partial charge >= 0.3 is 0 Å². The summed E-state index contributed by atoms with van der Waals surface area (Å²) in [6.07, 6.45) is 12.2. The molecule has 0 aliphatic heterocycles. The molecule has 0 radical (unpaired) electrons. The van der Waals surface area contributed by atoms with Gasteiger partial charge < -0.3 is 5.11 Å². The van der Waals surface area contributed by atoms with Gasteiger partial charge in [-0.1, -0.05) is 13.8 Å². The molecular formula is C21H33NO. The van der Waals surface area contributed by atoms with E-state index in [0.717, 1.165) is 42.9 Å². The lowest BCUT2D eigenvalue weighted by Crippen LogP contribution is -2.53. The van der Waals surface area contributed by atoms with Crippen molar-refractivity contribution < 1.29 is 5.11 Å². The Hall–Kier alpha value is -0.550. The van der Waals surface area contributed by atoms with Gasteiger partial charge in [0, 0.05) is 6.42 Å². The van der Waals surface area contributed by atoms with Crippen molar-refractivity contribution in [1.82, 2.24) is 0 Å². The molecule has 0 saturated heterocycles. The molecule has 0 spiro atoms. The Kier molecular flexibility index (Phi) is 3.80. The Morgan fingerprint density at radius 2 is 1.70 bits per heavy atom. The minimum Gasteiger partial charge on any atom is -0.393 e. The Bertz CT molecular complexity index is 510. The Labute approximate surface area is 141 Å². The van der Waals surface area contributed by atoms with E-state index in [0.29, 0.717) is 16.7 Å². The lowest BCUT2D eigenvalue weighted by Gasteiger charge is -2.61. The monoisotopic (exact) mass is 315 g/mol. The first-order chi connectivity index (χ1) is 11.0. The predicted octanol–water partition coefficient (Wildman–Crippen LogP) is 4.92. The third-order valence-electron chi connectivity index (χ3n) is 9.17. The smallest absolute Gasteiger partial charge is 0.0624 e. The highest BCUT2D eigenvalue weighted by atomic mass is 16.3. The average Bonchev–Trinajstić information content (AvgIpc) is 2.85. The second-order valence-corrected chi connectivity index (χ2v) is 9.77. The van der Waals surface area contributed by atoms with E-state index in [1.54, 1.807) is 0 Å². The summed E-state index contributed by atoms with van der Waals surface area (Å²) in [5, 5.41) is 19.3. The van der Waals surface area contributed by atoms with E-state index in [1.165, 1.54) is 44.9 Å². The Balaban J connectivity index is 1.59.